The molecule has 1 rings (SSSR count). The third-order valence-corrected chi connectivity index (χ3v) is 5.87. The summed E-state index contributed by atoms with van der Waals surface area (Å²) in [6.07, 6.45) is 8.06. The molecule has 4 unspecified atom stereocenters. The van der Waals surface area contributed by atoms with E-state index in [-0.39, 0.29) is 0 Å². The zero-order chi connectivity index (χ0) is 14.1. The van der Waals surface area contributed by atoms with Crippen LogP contribution in [0.1, 0.15) is 59.3 Å². The second-order valence-corrected chi connectivity index (χ2v) is 7.46. The topological polar surface area (TPSA) is 32.3 Å². The van der Waals surface area contributed by atoms with Gasteiger partial charge in [-0.25, -0.2) is 0 Å². The standard InChI is InChI=1S/C16H33NOS/c1-4-6-14-7-8-15(17-9-5-2)16(10-14)19-12-13(3)11-18/h13-18H,4-12H2,1-3H3. The molecule has 1 aliphatic carbocycles. The summed E-state index contributed by atoms with van der Waals surface area (Å²) in [5.41, 5.74) is 0. The van der Waals surface area contributed by atoms with Crippen LogP contribution in [-0.4, -0.2) is 35.3 Å². The molecule has 2 N–H and O–H groups in total. The molecule has 0 amide bonds. The molecule has 114 valence electrons. The van der Waals surface area contributed by atoms with Crippen molar-refractivity contribution >= 4 is 11.8 Å². The van der Waals surface area contributed by atoms with Gasteiger partial charge < -0.3 is 10.4 Å². The highest BCUT2D eigenvalue weighted by molar-refractivity contribution is 7.99. The van der Waals surface area contributed by atoms with Crippen molar-refractivity contribution in [3.05, 3.63) is 0 Å². The van der Waals surface area contributed by atoms with Gasteiger partial charge in [-0.2, -0.15) is 11.8 Å². The molecule has 2 nitrogen and oxygen atoms in total. The highest BCUT2D eigenvalue weighted by Crippen LogP contribution is 2.35. The highest BCUT2D eigenvalue weighted by atomic mass is 32.2. The monoisotopic (exact) mass is 287 g/mol. The molecule has 0 aliphatic heterocycles. The number of aliphatic hydroxyl groups is 1. The van der Waals surface area contributed by atoms with Crippen molar-refractivity contribution in [2.45, 2.75) is 70.6 Å². The van der Waals surface area contributed by atoms with E-state index in [0.29, 0.717) is 18.6 Å². The fraction of sp³-hybridized carbons (Fsp3) is 1.00. The highest BCUT2D eigenvalue weighted by Gasteiger charge is 2.30. The van der Waals surface area contributed by atoms with Crippen LogP contribution in [0.3, 0.4) is 0 Å². The van der Waals surface area contributed by atoms with Gasteiger partial charge in [0.1, 0.15) is 0 Å². The maximum atomic E-state index is 9.18. The minimum absolute atomic E-state index is 0.325. The van der Waals surface area contributed by atoms with Gasteiger partial charge >= 0.3 is 0 Å². The molecule has 0 radical (unpaired) electrons. The number of rotatable bonds is 9. The molecule has 4 atom stereocenters. The van der Waals surface area contributed by atoms with Crippen LogP contribution in [0, 0.1) is 11.8 Å². The van der Waals surface area contributed by atoms with E-state index in [9.17, 15) is 5.11 Å². The molecule has 0 aromatic heterocycles. The van der Waals surface area contributed by atoms with E-state index in [1.165, 1.54) is 38.5 Å². The molecule has 0 heterocycles. The first kappa shape index (κ1) is 17.3. The Morgan fingerprint density at radius 2 is 2.05 bits per heavy atom. The smallest absolute Gasteiger partial charge is 0.0464 e. The summed E-state index contributed by atoms with van der Waals surface area (Å²) in [7, 11) is 0. The van der Waals surface area contributed by atoms with Crippen LogP contribution in [0.25, 0.3) is 0 Å². The van der Waals surface area contributed by atoms with Crippen molar-refractivity contribution in [3.8, 4) is 0 Å². The summed E-state index contributed by atoms with van der Waals surface area (Å²) < 4.78 is 0. The summed E-state index contributed by atoms with van der Waals surface area (Å²) in [6.45, 7) is 8.16. The first-order valence-corrected chi connectivity index (χ1v) is 9.21. The predicted molar refractivity (Wildman–Crippen MR) is 86.8 cm³/mol. The van der Waals surface area contributed by atoms with E-state index < -0.39 is 0 Å². The van der Waals surface area contributed by atoms with E-state index in [1.54, 1.807) is 0 Å². The molecule has 0 bridgehead atoms. The summed E-state index contributed by atoms with van der Waals surface area (Å²) in [6, 6.07) is 0.698. The third-order valence-electron chi connectivity index (χ3n) is 4.16. The fourth-order valence-electron chi connectivity index (χ4n) is 2.97. The predicted octanol–water partition coefficient (Wildman–Crippen LogP) is 3.69. The van der Waals surface area contributed by atoms with Gasteiger partial charge in [0.2, 0.25) is 0 Å². The molecule has 0 spiro atoms. The molecule has 0 saturated heterocycles. The third kappa shape index (κ3) is 6.50. The molecule has 19 heavy (non-hydrogen) atoms. The summed E-state index contributed by atoms with van der Waals surface area (Å²) in [5, 5.41) is 13.7. The Balaban J connectivity index is 2.44. The first-order valence-electron chi connectivity index (χ1n) is 8.17. The van der Waals surface area contributed by atoms with E-state index in [4.69, 9.17) is 0 Å². The lowest BCUT2D eigenvalue weighted by molar-refractivity contribution is 0.249. The van der Waals surface area contributed by atoms with Gasteiger partial charge in [0, 0.05) is 17.9 Å². The lowest BCUT2D eigenvalue weighted by Crippen LogP contribution is -2.43. The summed E-state index contributed by atoms with van der Waals surface area (Å²) in [5.74, 6) is 2.47. The quantitative estimate of drug-likeness (QED) is 0.678. The van der Waals surface area contributed by atoms with Crippen molar-refractivity contribution in [3.63, 3.8) is 0 Å². The zero-order valence-corrected chi connectivity index (χ0v) is 13.8. The summed E-state index contributed by atoms with van der Waals surface area (Å²) >= 11 is 2.10. The molecular formula is C16H33NOS. The average molecular weight is 288 g/mol. The number of hydrogen-bond acceptors (Lipinski definition) is 3. The van der Waals surface area contributed by atoms with Gasteiger partial charge in [0.15, 0.2) is 0 Å². The second kappa shape index (κ2) is 10.1. The maximum absolute atomic E-state index is 9.18. The Morgan fingerprint density at radius 3 is 2.68 bits per heavy atom. The lowest BCUT2D eigenvalue weighted by Gasteiger charge is -2.37. The Kier molecular flexibility index (Phi) is 9.17. The number of hydrogen-bond donors (Lipinski definition) is 2. The van der Waals surface area contributed by atoms with Crippen LogP contribution >= 0.6 is 11.8 Å². The lowest BCUT2D eigenvalue weighted by atomic mass is 9.83. The minimum atomic E-state index is 0.325. The van der Waals surface area contributed by atoms with Crippen LogP contribution in [-0.2, 0) is 0 Å². The van der Waals surface area contributed by atoms with Gasteiger partial charge in [-0.1, -0.05) is 33.6 Å². The Morgan fingerprint density at radius 1 is 1.26 bits per heavy atom. The molecule has 1 aliphatic rings. The normalized spacial score (nSPS) is 29.4. The van der Waals surface area contributed by atoms with Crippen LogP contribution in [0.5, 0.6) is 0 Å². The first-order chi connectivity index (χ1) is 9.21. The molecule has 0 aromatic rings. The van der Waals surface area contributed by atoms with Crippen LogP contribution < -0.4 is 5.32 Å². The zero-order valence-electron chi connectivity index (χ0n) is 13.0. The van der Waals surface area contributed by atoms with E-state index in [2.05, 4.69) is 37.8 Å². The molecule has 0 aromatic carbocycles. The Bertz CT molecular complexity index is 225. The fourth-order valence-corrected chi connectivity index (χ4v) is 4.52. The van der Waals surface area contributed by atoms with Gasteiger partial charge in [-0.15, -0.1) is 0 Å². The van der Waals surface area contributed by atoms with Crippen LogP contribution in [0.2, 0.25) is 0 Å². The van der Waals surface area contributed by atoms with Gasteiger partial charge in [-0.05, 0) is 49.8 Å². The number of nitrogens with one attached hydrogen (secondary N) is 1. The van der Waals surface area contributed by atoms with Crippen LogP contribution in [0.4, 0.5) is 0 Å². The SMILES string of the molecule is CCCNC1CCC(CCC)CC1SCC(C)CO. The summed E-state index contributed by atoms with van der Waals surface area (Å²) in [4.78, 5) is 0. The average Bonchev–Trinajstić information content (AvgIpc) is 2.44. The largest absolute Gasteiger partial charge is 0.396 e. The van der Waals surface area contributed by atoms with E-state index in [1.807, 2.05) is 0 Å². The molecule has 3 heteroatoms. The maximum Gasteiger partial charge on any atom is 0.0464 e. The van der Waals surface area contributed by atoms with Gasteiger partial charge in [0.25, 0.3) is 0 Å². The van der Waals surface area contributed by atoms with Crippen molar-refractivity contribution in [2.24, 2.45) is 11.8 Å². The number of thioether (sulfide) groups is 1. The van der Waals surface area contributed by atoms with Crippen molar-refractivity contribution in [1.82, 2.24) is 5.32 Å². The molecule has 1 saturated carbocycles. The minimum Gasteiger partial charge on any atom is -0.396 e. The van der Waals surface area contributed by atoms with Crippen LogP contribution in [0.15, 0.2) is 0 Å². The Hall–Kier alpha value is 0.270. The number of aliphatic hydroxyl groups excluding tert-OH is 1. The van der Waals surface area contributed by atoms with Gasteiger partial charge in [-0.3, -0.25) is 0 Å². The molecule has 1 fully saturated rings. The molecular weight excluding hydrogens is 254 g/mol. The van der Waals surface area contributed by atoms with E-state index in [0.717, 1.165) is 23.5 Å². The second-order valence-electron chi connectivity index (χ2n) is 6.19. The van der Waals surface area contributed by atoms with E-state index >= 15 is 0 Å². The Labute approximate surface area is 124 Å². The van der Waals surface area contributed by atoms with Gasteiger partial charge in [0.05, 0.1) is 0 Å². The van der Waals surface area contributed by atoms with Crippen molar-refractivity contribution < 1.29 is 5.11 Å². The van der Waals surface area contributed by atoms with Crippen molar-refractivity contribution in [2.75, 3.05) is 18.9 Å². The van der Waals surface area contributed by atoms with Crippen molar-refractivity contribution in [1.29, 1.82) is 0 Å².